The lowest BCUT2D eigenvalue weighted by Crippen LogP contribution is -2.19. The Balaban J connectivity index is 1.45. The molecule has 2 aliphatic carbocycles. The molecule has 0 saturated heterocycles. The zero-order valence-electron chi connectivity index (χ0n) is 19.8. The molecule has 0 bridgehead atoms. The number of ether oxygens (including phenoxy) is 1. The Bertz CT molecular complexity index is 992. The number of amides is 1. The smallest absolute Gasteiger partial charge is 0.341 e. The second-order valence-corrected chi connectivity index (χ2v) is 11.2. The fourth-order valence-electron chi connectivity index (χ4n) is 4.80. The fraction of sp³-hybridized carbons (Fsp3) is 0.667. The molecule has 2 aromatic heterocycles. The van der Waals surface area contributed by atoms with Gasteiger partial charge in [0.1, 0.15) is 10.8 Å². The minimum atomic E-state index is -0.338. The molecule has 0 radical (unpaired) electrons. The van der Waals surface area contributed by atoms with Crippen LogP contribution >= 0.6 is 23.1 Å². The van der Waals surface area contributed by atoms with Crippen molar-refractivity contribution in [2.24, 2.45) is 0 Å². The number of carbonyl (C=O) groups excluding carboxylic acids is 2. The Morgan fingerprint density at radius 2 is 1.91 bits per heavy atom. The molecular weight excluding hydrogens is 456 g/mol. The molecule has 0 spiro atoms. The van der Waals surface area contributed by atoms with Crippen molar-refractivity contribution in [2.75, 3.05) is 11.1 Å². The molecule has 0 unspecified atom stereocenters. The predicted molar refractivity (Wildman–Crippen MR) is 132 cm³/mol. The van der Waals surface area contributed by atoms with E-state index in [2.05, 4.69) is 27.0 Å². The zero-order valence-corrected chi connectivity index (χ0v) is 21.4. The number of hydrogen-bond donors (Lipinski definition) is 1. The van der Waals surface area contributed by atoms with Crippen molar-refractivity contribution in [3.8, 4) is 0 Å². The van der Waals surface area contributed by atoms with Gasteiger partial charge in [-0.2, -0.15) is 0 Å². The monoisotopic (exact) mass is 490 g/mol. The Morgan fingerprint density at radius 1 is 1.15 bits per heavy atom. The summed E-state index contributed by atoms with van der Waals surface area (Å²) in [7, 11) is 0. The molecule has 180 valence electrons. The van der Waals surface area contributed by atoms with Crippen molar-refractivity contribution in [1.82, 2.24) is 14.8 Å². The van der Waals surface area contributed by atoms with E-state index in [4.69, 9.17) is 4.74 Å². The molecule has 2 aliphatic rings. The van der Waals surface area contributed by atoms with Crippen LogP contribution in [-0.2, 0) is 28.9 Å². The molecular formula is C24H34N4O3S2. The summed E-state index contributed by atoms with van der Waals surface area (Å²) < 4.78 is 7.65. The molecule has 0 aromatic carbocycles. The molecule has 1 saturated carbocycles. The number of esters is 1. The van der Waals surface area contributed by atoms with Crippen molar-refractivity contribution < 1.29 is 14.3 Å². The summed E-state index contributed by atoms with van der Waals surface area (Å²) in [6, 6.07) is 0. The predicted octanol–water partition coefficient (Wildman–Crippen LogP) is 5.58. The fourth-order valence-corrected chi connectivity index (χ4v) is 6.91. The van der Waals surface area contributed by atoms with E-state index in [-0.39, 0.29) is 23.7 Å². The SMILES string of the molecule is CCn1c(SCC(=O)Nc2sc3c(c2C(=O)OC(C)C)CCCC3)nnc1C1CCCCC1. The number of thioether (sulfide) groups is 1. The Morgan fingerprint density at radius 3 is 2.64 bits per heavy atom. The average Bonchev–Trinajstić information content (AvgIpc) is 3.38. The first-order chi connectivity index (χ1) is 16.0. The van der Waals surface area contributed by atoms with Crippen molar-refractivity contribution >= 4 is 40.0 Å². The summed E-state index contributed by atoms with van der Waals surface area (Å²) in [5, 5.41) is 13.3. The summed E-state index contributed by atoms with van der Waals surface area (Å²) in [5.74, 6) is 1.28. The van der Waals surface area contributed by atoms with E-state index < -0.39 is 0 Å². The van der Waals surface area contributed by atoms with Gasteiger partial charge in [0.25, 0.3) is 0 Å². The molecule has 2 heterocycles. The maximum absolute atomic E-state index is 12.9. The number of fused-ring (bicyclic) bond motifs is 1. The molecule has 1 N–H and O–H groups in total. The van der Waals surface area contributed by atoms with E-state index in [1.54, 1.807) is 0 Å². The van der Waals surface area contributed by atoms with Crippen molar-refractivity contribution in [1.29, 1.82) is 0 Å². The lowest BCUT2D eigenvalue weighted by molar-refractivity contribution is -0.113. The summed E-state index contributed by atoms with van der Waals surface area (Å²) in [4.78, 5) is 26.9. The minimum Gasteiger partial charge on any atom is -0.459 e. The van der Waals surface area contributed by atoms with Gasteiger partial charge in [-0.05, 0) is 64.9 Å². The lowest BCUT2D eigenvalue weighted by Gasteiger charge is -2.21. The second-order valence-electron chi connectivity index (χ2n) is 9.13. The molecule has 0 atom stereocenters. The van der Waals surface area contributed by atoms with Crippen LogP contribution in [0.1, 0.15) is 98.3 Å². The summed E-state index contributed by atoms with van der Waals surface area (Å²) in [6.07, 6.45) is 9.93. The van der Waals surface area contributed by atoms with Crippen molar-refractivity contribution in [2.45, 2.75) is 102 Å². The van der Waals surface area contributed by atoms with E-state index in [1.807, 2.05) is 13.8 Å². The maximum atomic E-state index is 12.9. The molecule has 33 heavy (non-hydrogen) atoms. The highest BCUT2D eigenvalue weighted by Gasteiger charge is 2.28. The van der Waals surface area contributed by atoms with Crippen LogP contribution in [-0.4, -0.2) is 38.5 Å². The average molecular weight is 491 g/mol. The van der Waals surface area contributed by atoms with E-state index in [1.165, 1.54) is 60.1 Å². The minimum absolute atomic E-state index is 0.137. The third-order valence-corrected chi connectivity index (χ3v) is 8.51. The number of anilines is 1. The number of carbonyl (C=O) groups is 2. The number of thiophene rings is 1. The Labute approximate surface area is 204 Å². The van der Waals surface area contributed by atoms with Gasteiger partial charge in [-0.25, -0.2) is 4.79 Å². The maximum Gasteiger partial charge on any atom is 0.341 e. The van der Waals surface area contributed by atoms with Crippen LogP contribution < -0.4 is 5.32 Å². The Hall–Kier alpha value is -1.87. The van der Waals surface area contributed by atoms with Crippen LogP contribution in [0.25, 0.3) is 0 Å². The normalized spacial score (nSPS) is 16.6. The van der Waals surface area contributed by atoms with Crippen LogP contribution in [0, 0.1) is 0 Å². The zero-order chi connectivity index (χ0) is 23.4. The third-order valence-electron chi connectivity index (χ3n) is 6.34. The van der Waals surface area contributed by atoms with E-state index >= 15 is 0 Å². The van der Waals surface area contributed by atoms with E-state index in [0.717, 1.165) is 48.8 Å². The van der Waals surface area contributed by atoms with Gasteiger partial charge in [-0.3, -0.25) is 4.79 Å². The van der Waals surface area contributed by atoms with Gasteiger partial charge in [-0.1, -0.05) is 31.0 Å². The number of aromatic nitrogens is 3. The quantitative estimate of drug-likeness (QED) is 0.384. The third kappa shape index (κ3) is 5.62. The van der Waals surface area contributed by atoms with Crippen LogP contribution in [0.2, 0.25) is 0 Å². The highest BCUT2D eigenvalue weighted by atomic mass is 32.2. The summed E-state index contributed by atoms with van der Waals surface area (Å²) in [5.41, 5.74) is 1.61. The molecule has 7 nitrogen and oxygen atoms in total. The highest BCUT2D eigenvalue weighted by molar-refractivity contribution is 7.99. The van der Waals surface area contributed by atoms with Crippen LogP contribution in [0.3, 0.4) is 0 Å². The van der Waals surface area contributed by atoms with Crippen LogP contribution in [0.15, 0.2) is 5.16 Å². The van der Waals surface area contributed by atoms with Gasteiger partial charge >= 0.3 is 5.97 Å². The number of nitrogens with zero attached hydrogens (tertiary/aromatic N) is 3. The lowest BCUT2D eigenvalue weighted by atomic mass is 9.89. The molecule has 1 amide bonds. The second kappa shape index (κ2) is 11.0. The first kappa shape index (κ1) is 24.3. The molecule has 9 heteroatoms. The van der Waals surface area contributed by atoms with Gasteiger partial charge in [0, 0.05) is 17.3 Å². The number of aryl methyl sites for hydroxylation is 1. The highest BCUT2D eigenvalue weighted by Crippen LogP contribution is 2.39. The van der Waals surface area contributed by atoms with Gasteiger partial charge in [0.05, 0.1) is 17.4 Å². The van der Waals surface area contributed by atoms with Gasteiger partial charge in [0.2, 0.25) is 5.91 Å². The van der Waals surface area contributed by atoms with Crippen LogP contribution in [0.4, 0.5) is 5.00 Å². The molecule has 1 fully saturated rings. The van der Waals surface area contributed by atoms with Crippen molar-refractivity contribution in [3.63, 3.8) is 0 Å². The van der Waals surface area contributed by atoms with Gasteiger partial charge in [-0.15, -0.1) is 21.5 Å². The van der Waals surface area contributed by atoms with E-state index in [9.17, 15) is 9.59 Å². The number of hydrogen-bond acceptors (Lipinski definition) is 7. The first-order valence-electron chi connectivity index (χ1n) is 12.2. The summed E-state index contributed by atoms with van der Waals surface area (Å²) in [6.45, 7) is 6.59. The van der Waals surface area contributed by atoms with Crippen LogP contribution in [0.5, 0.6) is 0 Å². The topological polar surface area (TPSA) is 86.1 Å². The standard InChI is InChI=1S/C24H34N4O3S2/c1-4-28-21(16-10-6-5-7-11-16)26-27-24(28)32-14-19(29)25-22-20(23(30)31-15(2)3)17-12-8-9-13-18(17)33-22/h15-16H,4-14H2,1-3H3,(H,25,29). The summed E-state index contributed by atoms with van der Waals surface area (Å²) >= 11 is 2.93. The van der Waals surface area contributed by atoms with Crippen molar-refractivity contribution in [3.05, 3.63) is 21.8 Å². The molecule has 0 aliphatic heterocycles. The first-order valence-corrected chi connectivity index (χ1v) is 14.0. The molecule has 2 aromatic rings. The van der Waals surface area contributed by atoms with E-state index in [0.29, 0.717) is 16.5 Å². The van der Waals surface area contributed by atoms with Gasteiger partial charge in [0.15, 0.2) is 5.16 Å². The van der Waals surface area contributed by atoms with Gasteiger partial charge < -0.3 is 14.6 Å². The molecule has 4 rings (SSSR count). The number of nitrogens with one attached hydrogen (secondary N) is 1. The largest absolute Gasteiger partial charge is 0.459 e. The number of rotatable bonds is 8. The Kier molecular flexibility index (Phi) is 8.11.